The normalized spacial score (nSPS) is 12.2. The van der Waals surface area contributed by atoms with Crippen LogP contribution in [0.5, 0.6) is 0 Å². The largest absolute Gasteiger partial charge is 0.510 e. The van der Waals surface area contributed by atoms with E-state index in [4.69, 9.17) is 9.47 Å². The predicted octanol–water partition coefficient (Wildman–Crippen LogP) is 4.81. The number of benzene rings is 1. The third kappa shape index (κ3) is 5.08. The number of ether oxygens (including phenoxy) is 2. The number of carbonyl (C=O) groups excluding carboxylic acids is 1. The summed E-state index contributed by atoms with van der Waals surface area (Å²) in [6.45, 7) is 11.0. The summed E-state index contributed by atoms with van der Waals surface area (Å²) >= 11 is 0. The van der Waals surface area contributed by atoms with Crippen LogP contribution in [-0.2, 0) is 16.2 Å². The summed E-state index contributed by atoms with van der Waals surface area (Å²) in [4.78, 5) is 16.1. The van der Waals surface area contributed by atoms with Crippen LogP contribution < -0.4 is 0 Å². The van der Waals surface area contributed by atoms with Gasteiger partial charge in [0.1, 0.15) is 5.82 Å². The van der Waals surface area contributed by atoms with E-state index in [2.05, 4.69) is 57.8 Å². The molecule has 1 unspecified atom stereocenters. The Labute approximate surface area is 150 Å². The van der Waals surface area contributed by atoms with Gasteiger partial charge in [-0.25, -0.2) is 9.78 Å². The molecule has 25 heavy (non-hydrogen) atoms. The third-order valence-electron chi connectivity index (χ3n) is 4.48. The first kappa shape index (κ1) is 19.0. The van der Waals surface area contributed by atoms with Crippen molar-refractivity contribution in [3.63, 3.8) is 0 Å². The number of imidazole rings is 1. The Morgan fingerprint density at radius 1 is 1.20 bits per heavy atom. The molecule has 1 heterocycles. The van der Waals surface area contributed by atoms with Crippen LogP contribution in [0, 0.1) is 19.8 Å². The van der Waals surface area contributed by atoms with Crippen molar-refractivity contribution >= 4 is 6.16 Å². The lowest BCUT2D eigenvalue weighted by atomic mass is 9.93. The number of nitrogens with zero attached hydrogens (tertiary/aromatic N) is 2. The highest BCUT2D eigenvalue weighted by atomic mass is 16.7. The van der Waals surface area contributed by atoms with E-state index in [1.165, 1.54) is 16.7 Å². The summed E-state index contributed by atoms with van der Waals surface area (Å²) < 4.78 is 12.1. The molecule has 1 aromatic carbocycles. The Morgan fingerprint density at radius 2 is 1.96 bits per heavy atom. The molecular weight excluding hydrogens is 316 g/mol. The van der Waals surface area contributed by atoms with Crippen LogP contribution >= 0.6 is 0 Å². The second kappa shape index (κ2) is 8.70. The number of hydrogen-bond donors (Lipinski definition) is 0. The van der Waals surface area contributed by atoms with Gasteiger partial charge in [-0.05, 0) is 42.9 Å². The molecule has 5 nitrogen and oxygen atoms in total. The molecule has 0 bridgehead atoms. The number of aromatic nitrogens is 2. The number of carbonyl (C=O) groups is 1. The fraction of sp³-hybridized carbons (Fsp3) is 0.500. The zero-order valence-corrected chi connectivity index (χ0v) is 15.8. The molecule has 2 aromatic rings. The smallest absolute Gasteiger partial charge is 0.434 e. The minimum Gasteiger partial charge on any atom is -0.434 e. The van der Waals surface area contributed by atoms with E-state index in [1.54, 1.807) is 6.20 Å². The molecule has 0 aliphatic rings. The van der Waals surface area contributed by atoms with E-state index in [1.807, 2.05) is 10.8 Å². The number of aryl methyl sites for hydroxylation is 1. The highest BCUT2D eigenvalue weighted by Gasteiger charge is 2.17. The molecule has 0 saturated heterocycles. The fourth-order valence-corrected chi connectivity index (χ4v) is 2.73. The Kier molecular flexibility index (Phi) is 6.62. The Balaban J connectivity index is 2.00. The van der Waals surface area contributed by atoms with Gasteiger partial charge in [-0.1, -0.05) is 39.0 Å². The van der Waals surface area contributed by atoms with Crippen LogP contribution in [0.25, 0.3) is 0 Å². The second-order valence-electron chi connectivity index (χ2n) is 6.82. The van der Waals surface area contributed by atoms with E-state index >= 15 is 0 Å². The van der Waals surface area contributed by atoms with Gasteiger partial charge in [-0.15, -0.1) is 0 Å². The van der Waals surface area contributed by atoms with Gasteiger partial charge in [0, 0.05) is 18.3 Å². The molecule has 0 spiro atoms. The molecule has 1 atom stereocenters. The molecule has 0 aliphatic heterocycles. The quantitative estimate of drug-likeness (QED) is 0.677. The molecule has 0 N–H and O–H groups in total. The van der Waals surface area contributed by atoms with Crippen molar-refractivity contribution < 1.29 is 14.3 Å². The second-order valence-corrected chi connectivity index (χ2v) is 6.82. The van der Waals surface area contributed by atoms with E-state index < -0.39 is 6.16 Å². The van der Waals surface area contributed by atoms with Gasteiger partial charge in [0.2, 0.25) is 0 Å². The van der Waals surface area contributed by atoms with Crippen LogP contribution in [0.15, 0.2) is 30.6 Å². The standard InChI is InChI=1S/C20H28N2O3/c1-14(2)9-12-24-20(23)25-13-22-11-10-21-19(22)17(5)18-8-6-7-15(3)16(18)4/h6-8,10-11,14,17H,9,12-13H2,1-5H3. The zero-order chi connectivity index (χ0) is 18.4. The molecule has 1 aromatic heterocycles. The summed E-state index contributed by atoms with van der Waals surface area (Å²) in [6.07, 6.45) is 3.73. The molecule has 0 radical (unpaired) electrons. The maximum atomic E-state index is 11.7. The van der Waals surface area contributed by atoms with Crippen molar-refractivity contribution in [3.05, 3.63) is 53.1 Å². The first-order chi connectivity index (χ1) is 11.9. The highest BCUT2D eigenvalue weighted by Crippen LogP contribution is 2.27. The lowest BCUT2D eigenvalue weighted by Gasteiger charge is -2.17. The first-order valence-corrected chi connectivity index (χ1v) is 8.76. The first-order valence-electron chi connectivity index (χ1n) is 8.76. The molecule has 2 rings (SSSR count). The summed E-state index contributed by atoms with van der Waals surface area (Å²) in [5.41, 5.74) is 3.75. The zero-order valence-electron chi connectivity index (χ0n) is 15.8. The molecule has 0 aliphatic carbocycles. The fourth-order valence-electron chi connectivity index (χ4n) is 2.73. The summed E-state index contributed by atoms with van der Waals surface area (Å²) in [5, 5.41) is 0. The Morgan fingerprint density at radius 3 is 2.68 bits per heavy atom. The lowest BCUT2D eigenvalue weighted by molar-refractivity contribution is 0.0307. The van der Waals surface area contributed by atoms with E-state index in [0.29, 0.717) is 12.5 Å². The van der Waals surface area contributed by atoms with E-state index in [9.17, 15) is 4.79 Å². The van der Waals surface area contributed by atoms with Crippen molar-refractivity contribution in [1.82, 2.24) is 9.55 Å². The number of hydrogen-bond acceptors (Lipinski definition) is 4. The summed E-state index contributed by atoms with van der Waals surface area (Å²) in [5.74, 6) is 1.46. The van der Waals surface area contributed by atoms with Crippen molar-refractivity contribution in [2.45, 2.75) is 53.7 Å². The van der Waals surface area contributed by atoms with E-state index in [0.717, 1.165) is 12.2 Å². The third-order valence-corrected chi connectivity index (χ3v) is 4.48. The van der Waals surface area contributed by atoms with Gasteiger partial charge in [0.15, 0.2) is 6.73 Å². The lowest BCUT2D eigenvalue weighted by Crippen LogP contribution is -2.15. The maximum absolute atomic E-state index is 11.7. The highest BCUT2D eigenvalue weighted by molar-refractivity contribution is 5.59. The molecule has 0 saturated carbocycles. The Hall–Kier alpha value is -2.30. The molecule has 136 valence electrons. The van der Waals surface area contributed by atoms with Crippen LogP contribution in [0.3, 0.4) is 0 Å². The maximum Gasteiger partial charge on any atom is 0.510 e. The molecule has 5 heteroatoms. The van der Waals surface area contributed by atoms with Gasteiger partial charge in [-0.2, -0.15) is 0 Å². The predicted molar refractivity (Wildman–Crippen MR) is 97.5 cm³/mol. The van der Waals surface area contributed by atoms with Crippen LogP contribution in [0.4, 0.5) is 4.79 Å². The topological polar surface area (TPSA) is 53.4 Å². The van der Waals surface area contributed by atoms with Crippen LogP contribution in [0.1, 0.15) is 55.6 Å². The van der Waals surface area contributed by atoms with Gasteiger partial charge in [0.05, 0.1) is 6.61 Å². The monoisotopic (exact) mass is 344 g/mol. The van der Waals surface area contributed by atoms with Gasteiger partial charge >= 0.3 is 6.16 Å². The van der Waals surface area contributed by atoms with Crippen molar-refractivity contribution in [1.29, 1.82) is 0 Å². The Bertz CT molecular complexity index is 707. The van der Waals surface area contributed by atoms with E-state index in [-0.39, 0.29) is 12.6 Å². The van der Waals surface area contributed by atoms with Crippen molar-refractivity contribution in [2.75, 3.05) is 6.61 Å². The SMILES string of the molecule is Cc1cccc(C(C)c2nccn2COC(=O)OCCC(C)C)c1C. The average Bonchev–Trinajstić information content (AvgIpc) is 3.03. The van der Waals surface area contributed by atoms with Crippen molar-refractivity contribution in [2.24, 2.45) is 5.92 Å². The minimum atomic E-state index is -0.639. The van der Waals surface area contributed by atoms with Gasteiger partial charge in [0.25, 0.3) is 0 Å². The van der Waals surface area contributed by atoms with Gasteiger partial charge in [-0.3, -0.25) is 0 Å². The number of rotatable bonds is 7. The van der Waals surface area contributed by atoms with Crippen LogP contribution in [0.2, 0.25) is 0 Å². The molecule has 0 amide bonds. The minimum absolute atomic E-state index is 0.102. The molecular formula is C20H28N2O3. The summed E-state index contributed by atoms with van der Waals surface area (Å²) in [6, 6.07) is 6.28. The molecule has 0 fully saturated rings. The average molecular weight is 344 g/mol. The van der Waals surface area contributed by atoms with Crippen LogP contribution in [-0.4, -0.2) is 22.3 Å². The van der Waals surface area contributed by atoms with Crippen molar-refractivity contribution in [3.8, 4) is 0 Å². The summed E-state index contributed by atoms with van der Waals surface area (Å²) in [7, 11) is 0. The van der Waals surface area contributed by atoms with Gasteiger partial charge < -0.3 is 14.0 Å².